The molecule has 7 nitrogen and oxygen atoms in total. The zero-order valence-corrected chi connectivity index (χ0v) is 10.5. The molecule has 1 heterocycles. The summed E-state index contributed by atoms with van der Waals surface area (Å²) in [5.41, 5.74) is 4.95. The van der Waals surface area contributed by atoms with Crippen molar-refractivity contribution in [3.8, 4) is 0 Å². The fourth-order valence-corrected chi connectivity index (χ4v) is 1.32. The van der Waals surface area contributed by atoms with Crippen LogP contribution in [0.3, 0.4) is 0 Å². The molecule has 0 saturated heterocycles. The summed E-state index contributed by atoms with van der Waals surface area (Å²) in [6.45, 7) is 2.88. The van der Waals surface area contributed by atoms with Gasteiger partial charge in [-0.25, -0.2) is 4.79 Å². The molecule has 0 spiro atoms. The topological polar surface area (TPSA) is 98.2 Å². The number of carbonyl (C=O) groups excluding carboxylic acids is 1. The molecule has 3 N–H and O–H groups in total. The number of hydrogen-bond acceptors (Lipinski definition) is 5. The lowest BCUT2D eigenvalue weighted by Crippen LogP contribution is -2.34. The molecular weight excluding hydrogens is 240 g/mol. The van der Waals surface area contributed by atoms with Crippen LogP contribution in [0.25, 0.3) is 0 Å². The maximum atomic E-state index is 10.8. The first kappa shape index (κ1) is 14.5. The third kappa shape index (κ3) is 4.02. The van der Waals surface area contributed by atoms with E-state index in [0.717, 1.165) is 0 Å². The fourth-order valence-electron chi connectivity index (χ4n) is 1.32. The van der Waals surface area contributed by atoms with Crippen LogP contribution in [0.1, 0.15) is 24.5 Å². The van der Waals surface area contributed by atoms with Gasteiger partial charge in [0.25, 0.3) is 0 Å². The number of nitrogens with zero attached hydrogens (tertiary/aromatic N) is 1. The van der Waals surface area contributed by atoms with E-state index in [4.69, 9.17) is 19.6 Å². The van der Waals surface area contributed by atoms with Crippen LogP contribution < -0.4 is 5.73 Å². The summed E-state index contributed by atoms with van der Waals surface area (Å²) >= 11 is 0. The molecule has 2 amide bonds. The highest BCUT2D eigenvalue weighted by molar-refractivity contribution is 5.70. The van der Waals surface area contributed by atoms with Crippen molar-refractivity contribution >= 4 is 6.03 Å². The minimum Gasteiger partial charge on any atom is -0.461 e. The molecule has 0 aliphatic rings. The molecule has 1 rings (SSSR count). The highest BCUT2D eigenvalue weighted by Gasteiger charge is 2.20. The van der Waals surface area contributed by atoms with Crippen molar-refractivity contribution in [3.05, 3.63) is 23.7 Å². The second kappa shape index (κ2) is 7.00. The minimum atomic E-state index is -0.934. The second-order valence-corrected chi connectivity index (χ2v) is 3.71. The molecule has 0 aliphatic heterocycles. The summed E-state index contributed by atoms with van der Waals surface area (Å²) in [6.07, 6.45) is 0. The largest absolute Gasteiger partial charge is 0.461 e. The first-order valence-electron chi connectivity index (χ1n) is 5.49. The molecule has 1 unspecified atom stereocenters. The molecule has 0 aromatic carbocycles. The average Bonchev–Trinajstić information content (AvgIpc) is 2.81. The van der Waals surface area contributed by atoms with E-state index in [2.05, 4.69) is 0 Å². The third-order valence-electron chi connectivity index (χ3n) is 2.36. The number of hydrogen-bond donors (Lipinski definition) is 2. The van der Waals surface area contributed by atoms with Gasteiger partial charge < -0.3 is 19.6 Å². The number of amides is 2. The van der Waals surface area contributed by atoms with Crippen LogP contribution in [0.15, 0.2) is 16.5 Å². The van der Waals surface area contributed by atoms with Gasteiger partial charge in [-0.15, -0.1) is 0 Å². The van der Waals surface area contributed by atoms with E-state index in [-0.39, 0.29) is 0 Å². The molecule has 0 radical (unpaired) electrons. The Hall–Kier alpha value is -1.57. The minimum absolute atomic E-state index is 0.304. The number of nitrogens with two attached hydrogens (primary N) is 1. The lowest BCUT2D eigenvalue weighted by Gasteiger charge is -2.18. The van der Waals surface area contributed by atoms with Gasteiger partial charge in [0.1, 0.15) is 24.2 Å². The highest BCUT2D eigenvalue weighted by Crippen LogP contribution is 2.21. The van der Waals surface area contributed by atoms with Gasteiger partial charge in [0.05, 0.1) is 13.2 Å². The lowest BCUT2D eigenvalue weighted by atomic mass is 10.2. The van der Waals surface area contributed by atoms with E-state index in [1.807, 2.05) is 0 Å². The summed E-state index contributed by atoms with van der Waals surface area (Å²) in [6, 6.07) is 1.80. The van der Waals surface area contributed by atoms with Gasteiger partial charge in [0.2, 0.25) is 0 Å². The number of methoxy groups -OCH3 is 1. The van der Waals surface area contributed by atoms with Crippen LogP contribution in [0.5, 0.6) is 0 Å². The standard InChI is InChI=1S/C11H18N2O5/c1-8(13(15)11(12)14)10-4-3-9(18-10)7-17-6-5-16-2/h3-4,8,15H,5-7H2,1-2H3,(H2,12,14). The van der Waals surface area contributed by atoms with Gasteiger partial charge in [-0.1, -0.05) is 0 Å². The number of rotatable bonds is 7. The molecule has 0 fully saturated rings. The van der Waals surface area contributed by atoms with Gasteiger partial charge in [-0.2, -0.15) is 5.06 Å². The van der Waals surface area contributed by atoms with E-state index < -0.39 is 12.1 Å². The lowest BCUT2D eigenvalue weighted by molar-refractivity contribution is -0.0766. The Morgan fingerprint density at radius 3 is 2.89 bits per heavy atom. The zero-order chi connectivity index (χ0) is 13.5. The summed E-state index contributed by atoms with van der Waals surface area (Å²) in [7, 11) is 1.59. The van der Waals surface area contributed by atoms with Crippen LogP contribution in [0.4, 0.5) is 4.79 Å². The summed E-state index contributed by atoms with van der Waals surface area (Å²) in [5.74, 6) is 1.03. The van der Waals surface area contributed by atoms with E-state index in [1.165, 1.54) is 0 Å². The third-order valence-corrected chi connectivity index (χ3v) is 2.36. The quantitative estimate of drug-likeness (QED) is 0.436. The number of ether oxygens (including phenoxy) is 2. The van der Waals surface area contributed by atoms with Crippen molar-refractivity contribution in [2.75, 3.05) is 20.3 Å². The van der Waals surface area contributed by atoms with Crippen LogP contribution in [-0.4, -0.2) is 36.6 Å². The van der Waals surface area contributed by atoms with E-state index in [0.29, 0.717) is 36.4 Å². The number of primary amides is 1. The Balaban J connectivity index is 2.49. The molecule has 1 aromatic heterocycles. The first-order valence-corrected chi connectivity index (χ1v) is 5.49. The van der Waals surface area contributed by atoms with E-state index in [9.17, 15) is 10.0 Å². The summed E-state index contributed by atoms with van der Waals surface area (Å²) in [5, 5.41) is 9.77. The molecule has 1 aromatic rings. The smallest absolute Gasteiger partial charge is 0.339 e. The van der Waals surface area contributed by atoms with Crippen LogP contribution in [0, 0.1) is 0 Å². The molecule has 1 atom stereocenters. The van der Waals surface area contributed by atoms with Crippen molar-refractivity contribution in [2.24, 2.45) is 5.73 Å². The van der Waals surface area contributed by atoms with Crippen molar-refractivity contribution in [1.29, 1.82) is 0 Å². The molecule has 18 heavy (non-hydrogen) atoms. The average molecular weight is 258 g/mol. The van der Waals surface area contributed by atoms with Crippen LogP contribution >= 0.6 is 0 Å². The molecule has 0 bridgehead atoms. The highest BCUT2D eigenvalue weighted by atomic mass is 16.5. The Morgan fingerprint density at radius 2 is 2.28 bits per heavy atom. The fraction of sp³-hybridized carbons (Fsp3) is 0.545. The van der Waals surface area contributed by atoms with Crippen LogP contribution in [0.2, 0.25) is 0 Å². The normalized spacial score (nSPS) is 12.4. The molecular formula is C11H18N2O5. The Morgan fingerprint density at radius 1 is 1.56 bits per heavy atom. The van der Waals surface area contributed by atoms with Crippen LogP contribution in [-0.2, 0) is 16.1 Å². The first-order chi connectivity index (χ1) is 8.56. The monoisotopic (exact) mass is 258 g/mol. The second-order valence-electron chi connectivity index (χ2n) is 3.71. The predicted octanol–water partition coefficient (Wildman–Crippen LogP) is 1.27. The van der Waals surface area contributed by atoms with Gasteiger partial charge in [-0.3, -0.25) is 5.21 Å². The van der Waals surface area contributed by atoms with E-state index in [1.54, 1.807) is 26.2 Å². The van der Waals surface area contributed by atoms with E-state index >= 15 is 0 Å². The van der Waals surface area contributed by atoms with Gasteiger partial charge >= 0.3 is 6.03 Å². The van der Waals surface area contributed by atoms with Gasteiger partial charge in [0.15, 0.2) is 0 Å². The Bertz CT molecular complexity index is 379. The van der Waals surface area contributed by atoms with Crippen molar-refractivity contribution in [3.63, 3.8) is 0 Å². The maximum Gasteiger partial charge on any atom is 0.339 e. The molecule has 0 aliphatic carbocycles. The summed E-state index contributed by atoms with van der Waals surface area (Å²) in [4.78, 5) is 10.8. The predicted molar refractivity (Wildman–Crippen MR) is 61.9 cm³/mol. The Labute approximate surface area is 105 Å². The maximum absolute atomic E-state index is 10.8. The number of carbonyl (C=O) groups is 1. The number of hydroxylamine groups is 2. The summed E-state index contributed by atoms with van der Waals surface area (Å²) < 4.78 is 15.5. The SMILES string of the molecule is COCCOCc1ccc(C(C)N(O)C(N)=O)o1. The van der Waals surface area contributed by atoms with Crippen molar-refractivity contribution in [2.45, 2.75) is 19.6 Å². The molecule has 0 saturated carbocycles. The Kier molecular flexibility index (Phi) is 5.63. The van der Waals surface area contributed by atoms with Crippen molar-refractivity contribution < 1.29 is 23.9 Å². The number of furan rings is 1. The van der Waals surface area contributed by atoms with Gasteiger partial charge in [-0.05, 0) is 19.1 Å². The molecule has 7 heteroatoms. The number of urea groups is 1. The molecule has 102 valence electrons. The zero-order valence-electron chi connectivity index (χ0n) is 10.5. The van der Waals surface area contributed by atoms with Crippen molar-refractivity contribution in [1.82, 2.24) is 5.06 Å². The van der Waals surface area contributed by atoms with Gasteiger partial charge in [0, 0.05) is 7.11 Å².